The van der Waals surface area contributed by atoms with Crippen LogP contribution in [0.15, 0.2) is 54.7 Å². The van der Waals surface area contributed by atoms with Gasteiger partial charge in [0.05, 0.1) is 18.0 Å². The molecular weight excluding hydrogens is 329 g/mol. The highest BCUT2D eigenvalue weighted by Crippen LogP contribution is 2.21. The minimum Gasteiger partial charge on any atom is -0.387 e. The summed E-state index contributed by atoms with van der Waals surface area (Å²) in [4.78, 5) is 0. The number of H-pyrrole nitrogens is 1. The lowest BCUT2D eigenvalue weighted by Crippen LogP contribution is -2.21. The first-order valence-corrected chi connectivity index (χ1v) is 7.93. The average molecular weight is 346 g/mol. The predicted octanol–water partition coefficient (Wildman–Crippen LogP) is 3.69. The third kappa shape index (κ3) is 4.00. The van der Waals surface area contributed by atoms with Crippen molar-refractivity contribution >= 4 is 11.6 Å². The molecule has 0 aliphatic carbocycles. The van der Waals surface area contributed by atoms with Crippen LogP contribution in [0.5, 0.6) is 0 Å². The fourth-order valence-electron chi connectivity index (χ4n) is 2.46. The molecule has 6 heteroatoms. The molecule has 1 unspecified atom stereocenters. The van der Waals surface area contributed by atoms with Crippen LogP contribution in [0.1, 0.15) is 17.2 Å². The van der Waals surface area contributed by atoms with Gasteiger partial charge in [0.25, 0.3) is 0 Å². The van der Waals surface area contributed by atoms with E-state index >= 15 is 0 Å². The van der Waals surface area contributed by atoms with Crippen LogP contribution in [0.2, 0.25) is 5.02 Å². The van der Waals surface area contributed by atoms with Gasteiger partial charge in [-0.1, -0.05) is 23.7 Å². The minimum atomic E-state index is -0.622. The highest BCUT2D eigenvalue weighted by Gasteiger charge is 2.10. The van der Waals surface area contributed by atoms with E-state index in [2.05, 4.69) is 15.5 Å². The van der Waals surface area contributed by atoms with E-state index in [1.165, 1.54) is 12.1 Å². The number of nitrogens with zero attached hydrogens (tertiary/aromatic N) is 1. The molecule has 0 spiro atoms. The summed E-state index contributed by atoms with van der Waals surface area (Å²) in [5.74, 6) is -0.274. The molecule has 24 heavy (non-hydrogen) atoms. The van der Waals surface area contributed by atoms with Crippen molar-refractivity contribution in [1.29, 1.82) is 0 Å². The summed E-state index contributed by atoms with van der Waals surface area (Å²) in [7, 11) is 0. The second-order valence-electron chi connectivity index (χ2n) is 5.48. The summed E-state index contributed by atoms with van der Waals surface area (Å²) in [5.41, 5.74) is 3.45. The number of benzene rings is 2. The molecule has 1 heterocycles. The summed E-state index contributed by atoms with van der Waals surface area (Å²) >= 11 is 5.84. The van der Waals surface area contributed by atoms with Crippen LogP contribution in [-0.2, 0) is 6.54 Å². The number of hydrogen-bond acceptors (Lipinski definition) is 3. The Balaban J connectivity index is 1.60. The van der Waals surface area contributed by atoms with Gasteiger partial charge < -0.3 is 10.4 Å². The first kappa shape index (κ1) is 16.6. The number of aromatic amines is 1. The number of aliphatic hydroxyl groups excluding tert-OH is 1. The molecule has 0 saturated carbocycles. The zero-order valence-electron chi connectivity index (χ0n) is 12.8. The first-order valence-electron chi connectivity index (χ1n) is 7.56. The van der Waals surface area contributed by atoms with Crippen LogP contribution in [0.25, 0.3) is 11.3 Å². The van der Waals surface area contributed by atoms with Gasteiger partial charge in [-0.2, -0.15) is 5.10 Å². The maximum absolute atomic E-state index is 13.0. The van der Waals surface area contributed by atoms with E-state index in [1.54, 1.807) is 42.6 Å². The number of aliphatic hydroxyl groups is 1. The highest BCUT2D eigenvalue weighted by atomic mass is 35.5. The van der Waals surface area contributed by atoms with Gasteiger partial charge in [-0.25, -0.2) is 4.39 Å². The molecule has 0 amide bonds. The predicted molar refractivity (Wildman–Crippen MR) is 92.1 cm³/mol. The molecule has 0 bridgehead atoms. The maximum atomic E-state index is 13.0. The molecule has 0 aliphatic rings. The van der Waals surface area contributed by atoms with Crippen LogP contribution in [0, 0.1) is 5.82 Å². The Morgan fingerprint density at radius 3 is 2.54 bits per heavy atom. The lowest BCUT2D eigenvalue weighted by atomic mass is 10.1. The third-order valence-electron chi connectivity index (χ3n) is 3.76. The first-order chi connectivity index (χ1) is 11.6. The molecule has 3 N–H and O–H groups in total. The number of halogens is 2. The SMILES string of the molecule is OC(CNCc1cn[nH]c1-c1ccc(F)cc1)c1ccc(Cl)cc1. The van der Waals surface area contributed by atoms with Gasteiger partial charge in [-0.05, 0) is 42.0 Å². The van der Waals surface area contributed by atoms with E-state index in [0.717, 1.165) is 22.4 Å². The Hall–Kier alpha value is -2.21. The van der Waals surface area contributed by atoms with E-state index < -0.39 is 6.10 Å². The Labute approximate surface area is 144 Å². The number of nitrogens with one attached hydrogen (secondary N) is 2. The topological polar surface area (TPSA) is 60.9 Å². The van der Waals surface area contributed by atoms with Crippen molar-refractivity contribution in [1.82, 2.24) is 15.5 Å². The van der Waals surface area contributed by atoms with Gasteiger partial charge in [-0.15, -0.1) is 0 Å². The zero-order valence-corrected chi connectivity index (χ0v) is 13.6. The van der Waals surface area contributed by atoms with E-state index in [1.807, 2.05) is 0 Å². The van der Waals surface area contributed by atoms with E-state index in [4.69, 9.17) is 11.6 Å². The highest BCUT2D eigenvalue weighted by molar-refractivity contribution is 6.30. The van der Waals surface area contributed by atoms with Crippen molar-refractivity contribution in [2.75, 3.05) is 6.54 Å². The lowest BCUT2D eigenvalue weighted by Gasteiger charge is -2.12. The number of hydrogen-bond donors (Lipinski definition) is 3. The Kier molecular flexibility index (Phi) is 5.25. The third-order valence-corrected chi connectivity index (χ3v) is 4.01. The molecule has 0 radical (unpaired) electrons. The van der Waals surface area contributed by atoms with Crippen LogP contribution >= 0.6 is 11.6 Å². The summed E-state index contributed by atoms with van der Waals surface area (Å²) in [6.45, 7) is 0.934. The molecule has 1 aromatic heterocycles. The summed E-state index contributed by atoms with van der Waals surface area (Å²) in [5, 5.41) is 21.0. The van der Waals surface area contributed by atoms with Crippen molar-refractivity contribution in [3.63, 3.8) is 0 Å². The van der Waals surface area contributed by atoms with E-state index in [-0.39, 0.29) is 5.82 Å². The summed E-state index contributed by atoms with van der Waals surface area (Å²) in [6.07, 6.45) is 1.10. The van der Waals surface area contributed by atoms with Crippen molar-refractivity contribution in [3.8, 4) is 11.3 Å². The molecule has 0 fully saturated rings. The smallest absolute Gasteiger partial charge is 0.123 e. The zero-order chi connectivity index (χ0) is 16.9. The van der Waals surface area contributed by atoms with E-state index in [9.17, 15) is 9.50 Å². The van der Waals surface area contributed by atoms with Gasteiger partial charge in [0, 0.05) is 29.2 Å². The monoisotopic (exact) mass is 345 g/mol. The minimum absolute atomic E-state index is 0.274. The summed E-state index contributed by atoms with van der Waals surface area (Å²) < 4.78 is 13.0. The van der Waals surface area contributed by atoms with Gasteiger partial charge in [-0.3, -0.25) is 5.10 Å². The quantitative estimate of drug-likeness (QED) is 0.638. The maximum Gasteiger partial charge on any atom is 0.123 e. The van der Waals surface area contributed by atoms with Crippen LogP contribution in [0.3, 0.4) is 0 Å². The lowest BCUT2D eigenvalue weighted by molar-refractivity contribution is 0.174. The largest absolute Gasteiger partial charge is 0.387 e. The standard InChI is InChI=1S/C18H17ClFN3O/c19-15-5-1-12(2-6-15)17(24)11-21-9-14-10-22-23-18(14)13-3-7-16(20)8-4-13/h1-8,10,17,21,24H,9,11H2,(H,22,23). The molecule has 1 atom stereocenters. The second-order valence-corrected chi connectivity index (χ2v) is 5.91. The van der Waals surface area contributed by atoms with Gasteiger partial charge >= 0.3 is 0 Å². The van der Waals surface area contributed by atoms with Crippen molar-refractivity contribution in [2.24, 2.45) is 0 Å². The normalized spacial score (nSPS) is 12.3. The van der Waals surface area contributed by atoms with Gasteiger partial charge in [0.1, 0.15) is 5.82 Å². The van der Waals surface area contributed by atoms with Crippen LogP contribution < -0.4 is 5.32 Å². The molecule has 0 aliphatic heterocycles. The van der Waals surface area contributed by atoms with Gasteiger partial charge in [0.2, 0.25) is 0 Å². The molecular formula is C18H17ClFN3O. The second kappa shape index (κ2) is 7.57. The number of aromatic nitrogens is 2. The van der Waals surface area contributed by atoms with Crippen molar-refractivity contribution in [2.45, 2.75) is 12.6 Å². The van der Waals surface area contributed by atoms with E-state index in [0.29, 0.717) is 18.1 Å². The van der Waals surface area contributed by atoms with Gasteiger partial charge in [0.15, 0.2) is 0 Å². The fourth-order valence-corrected chi connectivity index (χ4v) is 2.58. The Bertz CT molecular complexity index is 787. The van der Waals surface area contributed by atoms with Crippen molar-refractivity contribution < 1.29 is 9.50 Å². The summed E-state index contributed by atoms with van der Waals surface area (Å²) in [6, 6.07) is 13.3. The fraction of sp³-hybridized carbons (Fsp3) is 0.167. The molecule has 3 rings (SSSR count). The molecule has 4 nitrogen and oxygen atoms in total. The number of rotatable bonds is 6. The molecule has 3 aromatic rings. The molecule has 124 valence electrons. The average Bonchev–Trinajstić information content (AvgIpc) is 3.04. The van der Waals surface area contributed by atoms with Crippen LogP contribution in [0.4, 0.5) is 4.39 Å². The Morgan fingerprint density at radius 1 is 1.12 bits per heavy atom. The molecule has 2 aromatic carbocycles. The molecule has 0 saturated heterocycles. The van der Waals surface area contributed by atoms with Crippen molar-refractivity contribution in [3.05, 3.63) is 76.7 Å². The van der Waals surface area contributed by atoms with Crippen LogP contribution in [-0.4, -0.2) is 21.8 Å². The Morgan fingerprint density at radius 2 is 1.83 bits per heavy atom.